The Balaban J connectivity index is 2.07. The zero-order valence-corrected chi connectivity index (χ0v) is 18.1. The maximum Gasteiger partial charge on any atom is 0.238 e. The Hall–Kier alpha value is -1.89. The van der Waals surface area contributed by atoms with E-state index in [0.717, 1.165) is 4.90 Å². The molecule has 0 spiro atoms. The molecule has 1 atom stereocenters. The van der Waals surface area contributed by atoms with Crippen molar-refractivity contribution in [3.63, 3.8) is 0 Å². The summed E-state index contributed by atoms with van der Waals surface area (Å²) >= 11 is 20.0. The molecule has 3 aromatic rings. The molecule has 0 fully saturated rings. The number of aliphatic hydroxyl groups is 1. The first-order valence-corrected chi connectivity index (χ1v) is 10.5. The molecule has 3 N–H and O–H groups in total. The number of amides is 1. The summed E-state index contributed by atoms with van der Waals surface area (Å²) in [6.45, 7) is -0.0975. The van der Waals surface area contributed by atoms with Crippen LogP contribution >= 0.6 is 46.8 Å². The van der Waals surface area contributed by atoms with E-state index in [1.54, 1.807) is 52.8 Å². The minimum absolute atomic E-state index is 0.0975. The summed E-state index contributed by atoms with van der Waals surface area (Å²) in [6.07, 6.45) is -1.06. The molecule has 0 aliphatic heterocycles. The molecule has 0 bridgehead atoms. The Morgan fingerprint density at radius 2 is 1.62 bits per heavy atom. The van der Waals surface area contributed by atoms with Gasteiger partial charge in [0.1, 0.15) is 12.6 Å². The Morgan fingerprint density at radius 1 is 0.966 bits per heavy atom. The van der Waals surface area contributed by atoms with Crippen LogP contribution in [0.3, 0.4) is 0 Å². The lowest BCUT2D eigenvalue weighted by molar-refractivity contribution is -0.116. The van der Waals surface area contributed by atoms with Gasteiger partial charge in [-0.1, -0.05) is 65.1 Å². The average Bonchev–Trinajstić information content (AvgIpc) is 2.68. The normalized spacial score (nSPS) is 11.9. The monoisotopic (exact) mass is 466 g/mol. The number of hydrogen-bond donors (Lipinski definition) is 2. The smallest absolute Gasteiger partial charge is 0.238 e. The van der Waals surface area contributed by atoms with E-state index in [4.69, 9.17) is 40.5 Å². The Morgan fingerprint density at radius 3 is 2.28 bits per heavy atom. The van der Waals surface area contributed by atoms with E-state index in [1.165, 1.54) is 11.9 Å². The molecule has 150 valence electrons. The Bertz CT molecular complexity index is 1030. The predicted octanol–water partition coefficient (Wildman–Crippen LogP) is 5.73. The third-order valence-electron chi connectivity index (χ3n) is 4.10. The van der Waals surface area contributed by atoms with Crippen molar-refractivity contribution in [1.82, 2.24) is 0 Å². The SMILES string of the molecule is NC(=O)CN(Sc1ccccc1Cl)c1ccc(Cl)cc1C(O)c1ccccc1Cl. The van der Waals surface area contributed by atoms with E-state index in [0.29, 0.717) is 31.9 Å². The molecular weight excluding hydrogens is 451 g/mol. The number of benzene rings is 3. The molecule has 8 heteroatoms. The van der Waals surface area contributed by atoms with E-state index in [-0.39, 0.29) is 6.54 Å². The van der Waals surface area contributed by atoms with Gasteiger partial charge in [0.2, 0.25) is 5.91 Å². The van der Waals surface area contributed by atoms with Crippen LogP contribution in [0.15, 0.2) is 71.6 Å². The number of carbonyl (C=O) groups excluding carboxylic acids is 1. The van der Waals surface area contributed by atoms with Gasteiger partial charge in [-0.05, 0) is 48.3 Å². The van der Waals surface area contributed by atoms with Gasteiger partial charge in [-0.2, -0.15) is 0 Å². The summed E-state index contributed by atoms with van der Waals surface area (Å²) in [5.74, 6) is -0.530. The number of carbonyl (C=O) groups is 1. The Labute approximate surface area is 188 Å². The van der Waals surface area contributed by atoms with Crippen LogP contribution in [0.4, 0.5) is 5.69 Å². The number of hydrogen-bond acceptors (Lipinski definition) is 4. The highest BCUT2D eigenvalue weighted by Gasteiger charge is 2.23. The lowest BCUT2D eigenvalue weighted by atomic mass is 9.99. The second kappa shape index (κ2) is 9.74. The second-order valence-electron chi connectivity index (χ2n) is 6.15. The highest BCUT2D eigenvalue weighted by Crippen LogP contribution is 2.40. The van der Waals surface area contributed by atoms with E-state index >= 15 is 0 Å². The highest BCUT2D eigenvalue weighted by atomic mass is 35.5. The van der Waals surface area contributed by atoms with Crippen LogP contribution in [0.1, 0.15) is 17.2 Å². The van der Waals surface area contributed by atoms with E-state index < -0.39 is 12.0 Å². The zero-order chi connectivity index (χ0) is 21.0. The number of nitrogens with zero attached hydrogens (tertiary/aromatic N) is 1. The van der Waals surface area contributed by atoms with Crippen molar-refractivity contribution in [1.29, 1.82) is 0 Å². The third kappa shape index (κ3) is 5.38. The van der Waals surface area contributed by atoms with Gasteiger partial charge < -0.3 is 15.1 Å². The highest BCUT2D eigenvalue weighted by molar-refractivity contribution is 8.00. The van der Waals surface area contributed by atoms with Crippen LogP contribution in [-0.2, 0) is 4.79 Å². The minimum Gasteiger partial charge on any atom is -0.384 e. The van der Waals surface area contributed by atoms with Crippen molar-refractivity contribution in [3.8, 4) is 0 Å². The summed E-state index contributed by atoms with van der Waals surface area (Å²) < 4.78 is 1.68. The van der Waals surface area contributed by atoms with Crippen molar-refractivity contribution >= 4 is 58.3 Å². The maximum absolute atomic E-state index is 11.8. The van der Waals surface area contributed by atoms with Crippen LogP contribution in [0.5, 0.6) is 0 Å². The van der Waals surface area contributed by atoms with Gasteiger partial charge in [0.15, 0.2) is 0 Å². The predicted molar refractivity (Wildman–Crippen MR) is 121 cm³/mol. The van der Waals surface area contributed by atoms with Gasteiger partial charge in [0.05, 0.1) is 10.7 Å². The summed E-state index contributed by atoms with van der Waals surface area (Å²) in [4.78, 5) is 12.5. The summed E-state index contributed by atoms with van der Waals surface area (Å²) in [6, 6.07) is 19.3. The van der Waals surface area contributed by atoms with Crippen molar-refractivity contribution in [2.24, 2.45) is 5.73 Å². The molecule has 0 aliphatic carbocycles. The molecule has 4 nitrogen and oxygen atoms in total. The van der Waals surface area contributed by atoms with Gasteiger partial charge in [-0.3, -0.25) is 4.79 Å². The summed E-state index contributed by atoms with van der Waals surface area (Å²) in [7, 11) is 0. The van der Waals surface area contributed by atoms with Gasteiger partial charge in [0.25, 0.3) is 0 Å². The first-order valence-electron chi connectivity index (χ1n) is 8.57. The third-order valence-corrected chi connectivity index (χ3v) is 6.22. The van der Waals surface area contributed by atoms with Crippen molar-refractivity contribution < 1.29 is 9.90 Å². The van der Waals surface area contributed by atoms with Crippen LogP contribution < -0.4 is 10.0 Å². The molecule has 0 aliphatic rings. The van der Waals surface area contributed by atoms with Crippen LogP contribution in [-0.4, -0.2) is 17.6 Å². The van der Waals surface area contributed by atoms with Gasteiger partial charge in [-0.25, -0.2) is 0 Å². The fraction of sp³-hybridized carbons (Fsp3) is 0.0952. The quantitative estimate of drug-likeness (QED) is 0.436. The molecular formula is C21H17Cl3N2O2S. The molecule has 1 amide bonds. The van der Waals surface area contributed by atoms with Crippen LogP contribution in [0.2, 0.25) is 15.1 Å². The van der Waals surface area contributed by atoms with Crippen molar-refractivity contribution in [2.75, 3.05) is 10.8 Å². The fourth-order valence-corrected chi connectivity index (χ4v) is 4.43. The number of rotatable bonds is 7. The van der Waals surface area contributed by atoms with E-state index in [1.807, 2.05) is 18.2 Å². The molecule has 0 saturated carbocycles. The van der Waals surface area contributed by atoms with Crippen molar-refractivity contribution in [3.05, 3.63) is 92.9 Å². The number of primary amides is 1. The summed E-state index contributed by atoms with van der Waals surface area (Å²) in [5, 5.41) is 12.5. The average molecular weight is 468 g/mol. The van der Waals surface area contributed by atoms with Crippen LogP contribution in [0.25, 0.3) is 0 Å². The second-order valence-corrected chi connectivity index (χ2v) is 8.47. The molecule has 0 aromatic heterocycles. The minimum atomic E-state index is -1.06. The topological polar surface area (TPSA) is 66.6 Å². The number of nitrogens with two attached hydrogens (primary N) is 1. The van der Waals surface area contributed by atoms with Gasteiger partial charge in [-0.15, -0.1) is 0 Å². The van der Waals surface area contributed by atoms with E-state index in [9.17, 15) is 9.90 Å². The van der Waals surface area contributed by atoms with E-state index in [2.05, 4.69) is 0 Å². The van der Waals surface area contributed by atoms with Gasteiger partial charge in [0, 0.05) is 26.1 Å². The van der Waals surface area contributed by atoms with Crippen molar-refractivity contribution in [2.45, 2.75) is 11.0 Å². The summed E-state index contributed by atoms with van der Waals surface area (Å²) in [5.41, 5.74) is 7.07. The molecule has 0 saturated heterocycles. The molecule has 1 unspecified atom stereocenters. The standard InChI is InChI=1S/C21H17Cl3N2O2S/c22-13-9-10-18(15(11-13)21(28)14-5-1-2-6-16(14)23)26(12-20(25)27)29-19-8-4-3-7-17(19)24/h1-11,21,28H,12H2,(H2,25,27). The zero-order valence-electron chi connectivity index (χ0n) is 15.1. The molecule has 3 aromatic carbocycles. The molecule has 0 radical (unpaired) electrons. The number of anilines is 1. The fourth-order valence-electron chi connectivity index (χ4n) is 2.78. The van der Waals surface area contributed by atoms with Crippen LogP contribution in [0, 0.1) is 0 Å². The van der Waals surface area contributed by atoms with Gasteiger partial charge >= 0.3 is 0 Å². The molecule has 29 heavy (non-hydrogen) atoms. The molecule has 0 heterocycles. The lowest BCUT2D eigenvalue weighted by Crippen LogP contribution is -2.29. The Kier molecular flexibility index (Phi) is 7.33. The maximum atomic E-state index is 11.8. The lowest BCUT2D eigenvalue weighted by Gasteiger charge is -2.27. The molecule has 3 rings (SSSR count). The largest absolute Gasteiger partial charge is 0.384 e. The number of aliphatic hydroxyl groups excluding tert-OH is 1. The number of halogens is 3. The first-order chi connectivity index (χ1) is 13.9. The first kappa shape index (κ1) is 21.8.